The highest BCUT2D eigenvalue weighted by atomic mass is 19.1. The Morgan fingerprint density at radius 1 is 0.538 bits per heavy atom. The van der Waals surface area contributed by atoms with Gasteiger partial charge in [-0.15, -0.1) is 0 Å². The van der Waals surface area contributed by atoms with Gasteiger partial charge in [0.1, 0.15) is 23.2 Å². The Hall–Kier alpha value is -4.98. The molecule has 8 heteroatoms. The first-order valence-corrected chi connectivity index (χ1v) is 17.8. The smallest absolute Gasteiger partial charge is 0.224 e. The van der Waals surface area contributed by atoms with E-state index >= 15 is 0 Å². The Morgan fingerprint density at radius 3 is 1.15 bits per heavy atom. The number of benzene rings is 4. The number of hydrogen-bond donors (Lipinski definition) is 2. The van der Waals surface area contributed by atoms with Crippen LogP contribution in [-0.4, -0.2) is 34.5 Å². The third-order valence-electron chi connectivity index (χ3n) is 10.3. The average molecular weight is 707 g/mol. The summed E-state index contributed by atoms with van der Waals surface area (Å²) in [6.45, 7) is 12.0. The number of carbonyl (C=O) groups excluding carboxylic acids is 4. The standard InChI is InChI=1S/2C22H24FNO2/c2*1-14-4-8-16(9-5-14)20-19(21(26)24-22(20,2)3)13-18(25)12-15-6-10-17(23)11-7-15/h2*4-11,19-20H,12-13H2,1-3H3,(H,24,26)/t2*19-,20-/m00/s1. The van der Waals surface area contributed by atoms with Crippen LogP contribution in [0.1, 0.15) is 85.8 Å². The van der Waals surface area contributed by atoms with Gasteiger partial charge < -0.3 is 10.6 Å². The van der Waals surface area contributed by atoms with E-state index in [4.69, 9.17) is 0 Å². The van der Waals surface area contributed by atoms with Crippen molar-refractivity contribution < 1.29 is 28.0 Å². The van der Waals surface area contributed by atoms with Crippen molar-refractivity contribution in [3.8, 4) is 0 Å². The van der Waals surface area contributed by atoms with Crippen LogP contribution in [0.25, 0.3) is 0 Å². The van der Waals surface area contributed by atoms with Crippen molar-refractivity contribution in [3.63, 3.8) is 0 Å². The molecule has 2 N–H and O–H groups in total. The lowest BCUT2D eigenvalue weighted by Gasteiger charge is -2.29. The lowest BCUT2D eigenvalue weighted by molar-refractivity contribution is -0.127. The molecule has 2 saturated heterocycles. The summed E-state index contributed by atoms with van der Waals surface area (Å²) in [6.07, 6.45) is 0.798. The summed E-state index contributed by atoms with van der Waals surface area (Å²) >= 11 is 0. The number of amides is 2. The maximum absolute atomic E-state index is 13.0. The Balaban J connectivity index is 0.000000201. The van der Waals surface area contributed by atoms with E-state index < -0.39 is 11.1 Å². The van der Waals surface area contributed by atoms with Gasteiger partial charge in [-0.3, -0.25) is 19.2 Å². The van der Waals surface area contributed by atoms with Gasteiger partial charge >= 0.3 is 0 Å². The predicted molar refractivity (Wildman–Crippen MR) is 199 cm³/mol. The van der Waals surface area contributed by atoms with Crippen LogP contribution >= 0.6 is 0 Å². The van der Waals surface area contributed by atoms with Crippen molar-refractivity contribution in [3.05, 3.63) is 142 Å². The second-order valence-corrected chi connectivity index (χ2v) is 15.5. The molecule has 0 bridgehead atoms. The highest BCUT2D eigenvalue weighted by Gasteiger charge is 2.49. The van der Waals surface area contributed by atoms with Gasteiger partial charge in [-0.05, 0) is 88.1 Å². The van der Waals surface area contributed by atoms with Crippen LogP contribution in [0.4, 0.5) is 8.78 Å². The third-order valence-corrected chi connectivity index (χ3v) is 10.3. The monoisotopic (exact) mass is 706 g/mol. The maximum Gasteiger partial charge on any atom is 0.224 e. The molecule has 2 amide bonds. The number of halogens is 2. The second kappa shape index (κ2) is 15.7. The van der Waals surface area contributed by atoms with E-state index in [1.54, 1.807) is 24.3 Å². The summed E-state index contributed by atoms with van der Waals surface area (Å²) in [5.41, 5.74) is 5.17. The average Bonchev–Trinajstić information content (AvgIpc) is 3.44. The SMILES string of the molecule is Cc1ccc([C@H]2[C@H](CC(=O)Cc3ccc(F)cc3)C(=O)NC2(C)C)cc1.Cc1ccc([C@H]2[C@H](CC(=O)Cc3ccc(F)cc3)C(=O)NC2(C)C)cc1. The van der Waals surface area contributed by atoms with E-state index in [0.29, 0.717) is 0 Å². The number of hydrogen-bond acceptors (Lipinski definition) is 4. The molecule has 6 nitrogen and oxygen atoms in total. The topological polar surface area (TPSA) is 92.3 Å². The minimum atomic E-state index is -0.410. The molecule has 272 valence electrons. The van der Waals surface area contributed by atoms with Crippen LogP contribution < -0.4 is 10.6 Å². The van der Waals surface area contributed by atoms with Crippen molar-refractivity contribution in [1.82, 2.24) is 10.6 Å². The van der Waals surface area contributed by atoms with Crippen molar-refractivity contribution in [2.24, 2.45) is 11.8 Å². The van der Waals surface area contributed by atoms with Gasteiger partial charge in [-0.25, -0.2) is 8.78 Å². The molecule has 2 aliphatic heterocycles. The molecule has 0 radical (unpaired) electrons. The number of aryl methyl sites for hydroxylation is 2. The molecule has 2 aliphatic rings. The fraction of sp³-hybridized carbons (Fsp3) is 0.364. The number of Topliss-reactive ketones (excluding diaryl/α,β-unsaturated/α-hetero) is 2. The first kappa shape index (κ1) is 38.3. The van der Waals surface area contributed by atoms with Crippen LogP contribution in [0.15, 0.2) is 97.1 Å². The molecule has 2 heterocycles. The number of nitrogens with one attached hydrogen (secondary N) is 2. The van der Waals surface area contributed by atoms with Crippen LogP contribution in [-0.2, 0) is 32.0 Å². The Kier molecular flexibility index (Phi) is 11.6. The molecule has 4 aromatic carbocycles. The van der Waals surface area contributed by atoms with Gasteiger partial charge in [0.25, 0.3) is 0 Å². The summed E-state index contributed by atoms with van der Waals surface area (Å²) in [6, 6.07) is 28.2. The van der Waals surface area contributed by atoms with Gasteiger partial charge in [0.2, 0.25) is 11.8 Å². The zero-order valence-electron chi connectivity index (χ0n) is 30.8. The Labute approximate surface area is 305 Å². The summed E-state index contributed by atoms with van der Waals surface area (Å²) in [7, 11) is 0. The van der Waals surface area contributed by atoms with Crippen LogP contribution in [0.5, 0.6) is 0 Å². The third kappa shape index (κ3) is 9.27. The van der Waals surface area contributed by atoms with E-state index in [1.165, 1.54) is 24.3 Å². The highest BCUT2D eigenvalue weighted by Crippen LogP contribution is 2.43. The Bertz CT molecular complexity index is 1760. The van der Waals surface area contributed by atoms with Gasteiger partial charge in [0.15, 0.2) is 0 Å². The summed E-state index contributed by atoms with van der Waals surface area (Å²) < 4.78 is 26.0. The fourth-order valence-electron chi connectivity index (χ4n) is 7.85. The van der Waals surface area contributed by atoms with Crippen LogP contribution in [0.3, 0.4) is 0 Å². The fourth-order valence-corrected chi connectivity index (χ4v) is 7.85. The maximum atomic E-state index is 13.0. The molecular weight excluding hydrogens is 658 g/mol. The largest absolute Gasteiger partial charge is 0.350 e. The highest BCUT2D eigenvalue weighted by molar-refractivity contribution is 5.91. The molecule has 2 fully saturated rings. The van der Waals surface area contributed by atoms with Crippen molar-refractivity contribution in [2.75, 3.05) is 0 Å². The second-order valence-electron chi connectivity index (χ2n) is 15.5. The van der Waals surface area contributed by atoms with Crippen molar-refractivity contribution in [2.45, 2.75) is 90.1 Å². The van der Waals surface area contributed by atoms with Crippen LogP contribution in [0, 0.1) is 37.3 Å². The molecule has 0 unspecified atom stereocenters. The van der Waals surface area contributed by atoms with Gasteiger partial charge in [-0.1, -0.05) is 83.9 Å². The molecule has 4 aromatic rings. The minimum absolute atomic E-state index is 0.00781. The van der Waals surface area contributed by atoms with Crippen LogP contribution in [0.2, 0.25) is 0 Å². The minimum Gasteiger partial charge on any atom is -0.350 e. The molecule has 0 aromatic heterocycles. The zero-order chi connectivity index (χ0) is 37.8. The van der Waals surface area contributed by atoms with Gasteiger partial charge in [0.05, 0.1) is 11.8 Å². The van der Waals surface area contributed by atoms with Crippen molar-refractivity contribution in [1.29, 1.82) is 0 Å². The molecule has 0 spiro atoms. The van der Waals surface area contributed by atoms with Crippen molar-refractivity contribution >= 4 is 23.4 Å². The van der Waals surface area contributed by atoms with E-state index in [-0.39, 0.29) is 84.4 Å². The summed E-state index contributed by atoms with van der Waals surface area (Å²) in [4.78, 5) is 50.3. The lowest BCUT2D eigenvalue weighted by Crippen LogP contribution is -2.38. The predicted octanol–water partition coefficient (Wildman–Crippen LogP) is 7.89. The molecule has 0 saturated carbocycles. The number of ketones is 2. The molecular formula is C44H48F2N2O4. The Morgan fingerprint density at radius 2 is 0.846 bits per heavy atom. The van der Waals surface area contributed by atoms with Gasteiger partial charge in [-0.2, -0.15) is 0 Å². The first-order valence-electron chi connectivity index (χ1n) is 17.8. The van der Waals surface area contributed by atoms with E-state index in [1.807, 2.05) is 90.1 Å². The summed E-state index contributed by atoms with van der Waals surface area (Å²) in [5, 5.41) is 6.08. The zero-order valence-corrected chi connectivity index (χ0v) is 30.8. The summed E-state index contributed by atoms with van der Waals surface area (Å²) in [5.74, 6) is -1.71. The normalized spacial score (nSPS) is 21.5. The molecule has 4 atom stereocenters. The first-order chi connectivity index (χ1) is 24.5. The molecule has 52 heavy (non-hydrogen) atoms. The molecule has 6 rings (SSSR count). The number of rotatable bonds is 10. The number of carbonyl (C=O) groups is 4. The molecule has 0 aliphatic carbocycles. The van der Waals surface area contributed by atoms with E-state index in [0.717, 1.165) is 33.4 Å². The quantitative estimate of drug-likeness (QED) is 0.176. The van der Waals surface area contributed by atoms with E-state index in [9.17, 15) is 28.0 Å². The van der Waals surface area contributed by atoms with E-state index in [2.05, 4.69) is 10.6 Å². The van der Waals surface area contributed by atoms with Gasteiger partial charge in [0, 0.05) is 48.6 Å². The lowest BCUT2D eigenvalue weighted by atomic mass is 9.75.